The first-order chi connectivity index (χ1) is 9.35. The summed E-state index contributed by atoms with van der Waals surface area (Å²) in [4.78, 5) is 0. The molecular formula is C19H24. The molecule has 0 radical (unpaired) electrons. The molecule has 0 saturated heterocycles. The van der Waals surface area contributed by atoms with E-state index in [0.717, 1.165) is 0 Å². The molecule has 0 aliphatic rings. The number of rotatable bonds is 6. The van der Waals surface area contributed by atoms with Crippen LogP contribution in [0.5, 0.6) is 0 Å². The van der Waals surface area contributed by atoms with Gasteiger partial charge in [-0.3, -0.25) is 0 Å². The van der Waals surface area contributed by atoms with Crippen LogP contribution in [-0.2, 0) is 12.8 Å². The van der Waals surface area contributed by atoms with E-state index in [1.807, 2.05) is 0 Å². The number of aryl methyl sites for hydroxylation is 2. The molecule has 0 nitrogen and oxygen atoms in total. The first-order valence-electron chi connectivity index (χ1n) is 7.52. The van der Waals surface area contributed by atoms with Gasteiger partial charge in [-0.1, -0.05) is 75.2 Å². The third-order valence-corrected chi connectivity index (χ3v) is 3.59. The maximum absolute atomic E-state index is 2.36. The van der Waals surface area contributed by atoms with Crippen LogP contribution in [0.15, 0.2) is 48.5 Å². The lowest BCUT2D eigenvalue weighted by atomic mass is 9.94. The molecule has 0 heteroatoms. The Morgan fingerprint density at radius 2 is 1.63 bits per heavy atom. The number of unbranched alkanes of at least 4 members (excludes halogenated alkanes) is 1. The fraction of sp³-hybridized carbons (Fsp3) is 0.368. The van der Waals surface area contributed by atoms with Gasteiger partial charge < -0.3 is 0 Å². The van der Waals surface area contributed by atoms with Crippen molar-refractivity contribution >= 4 is 0 Å². The molecule has 0 atom stereocenters. The molecular weight excluding hydrogens is 228 g/mol. The Hall–Kier alpha value is -1.56. The van der Waals surface area contributed by atoms with Crippen molar-refractivity contribution in [1.82, 2.24) is 0 Å². The monoisotopic (exact) mass is 252 g/mol. The number of hydrogen-bond acceptors (Lipinski definition) is 0. The van der Waals surface area contributed by atoms with Crippen LogP contribution in [0.1, 0.15) is 44.2 Å². The molecule has 0 aliphatic heterocycles. The zero-order valence-corrected chi connectivity index (χ0v) is 12.2. The van der Waals surface area contributed by atoms with E-state index in [2.05, 4.69) is 62.4 Å². The standard InChI is InChI=1S/C19H24/c1-3-5-11-17-12-6-7-14-19(17)18-13-8-10-16(15-18)9-4-2/h6-8,10,12-15H,3-5,9,11H2,1-2H3. The fourth-order valence-corrected chi connectivity index (χ4v) is 2.57. The topological polar surface area (TPSA) is 0 Å². The lowest BCUT2D eigenvalue weighted by Gasteiger charge is -2.10. The van der Waals surface area contributed by atoms with Crippen LogP contribution in [0, 0.1) is 0 Å². The summed E-state index contributed by atoms with van der Waals surface area (Å²) in [7, 11) is 0. The average molecular weight is 252 g/mol. The van der Waals surface area contributed by atoms with Crippen LogP contribution >= 0.6 is 0 Å². The summed E-state index contributed by atoms with van der Waals surface area (Å²) < 4.78 is 0. The maximum atomic E-state index is 2.36. The number of hydrogen-bond donors (Lipinski definition) is 0. The Morgan fingerprint density at radius 3 is 2.42 bits per heavy atom. The van der Waals surface area contributed by atoms with Gasteiger partial charge in [-0.2, -0.15) is 0 Å². The highest BCUT2D eigenvalue weighted by atomic mass is 14.1. The molecule has 0 unspecified atom stereocenters. The molecule has 2 aromatic rings. The molecule has 0 N–H and O–H groups in total. The molecule has 0 spiro atoms. The second kappa shape index (κ2) is 7.13. The van der Waals surface area contributed by atoms with Gasteiger partial charge in [0.15, 0.2) is 0 Å². The molecule has 0 aromatic heterocycles. The molecule has 0 amide bonds. The lowest BCUT2D eigenvalue weighted by molar-refractivity contribution is 0.796. The van der Waals surface area contributed by atoms with Gasteiger partial charge in [0.1, 0.15) is 0 Å². The van der Waals surface area contributed by atoms with Gasteiger partial charge in [0, 0.05) is 0 Å². The smallest absolute Gasteiger partial charge is 0.0152 e. The molecule has 0 aliphatic carbocycles. The minimum Gasteiger partial charge on any atom is -0.0654 e. The zero-order valence-electron chi connectivity index (χ0n) is 12.2. The van der Waals surface area contributed by atoms with E-state index in [-0.39, 0.29) is 0 Å². The minimum absolute atomic E-state index is 1.17. The highest BCUT2D eigenvalue weighted by Gasteiger charge is 2.04. The maximum Gasteiger partial charge on any atom is -0.0152 e. The summed E-state index contributed by atoms with van der Waals surface area (Å²) in [5.41, 5.74) is 5.72. The van der Waals surface area contributed by atoms with E-state index in [4.69, 9.17) is 0 Å². The highest BCUT2D eigenvalue weighted by Crippen LogP contribution is 2.26. The molecule has 0 fully saturated rings. The van der Waals surface area contributed by atoms with Crippen LogP contribution in [0.3, 0.4) is 0 Å². The molecule has 2 rings (SSSR count). The average Bonchev–Trinajstić information content (AvgIpc) is 2.46. The predicted octanol–water partition coefficient (Wildman–Crippen LogP) is 5.65. The molecule has 19 heavy (non-hydrogen) atoms. The summed E-state index contributed by atoms with van der Waals surface area (Å²) >= 11 is 0. The number of benzene rings is 2. The van der Waals surface area contributed by atoms with Crippen molar-refractivity contribution in [2.45, 2.75) is 46.0 Å². The third-order valence-electron chi connectivity index (χ3n) is 3.59. The van der Waals surface area contributed by atoms with Crippen molar-refractivity contribution in [3.8, 4) is 11.1 Å². The van der Waals surface area contributed by atoms with Crippen LogP contribution in [0.4, 0.5) is 0 Å². The normalized spacial score (nSPS) is 10.6. The summed E-state index contributed by atoms with van der Waals surface area (Å²) in [5, 5.41) is 0. The van der Waals surface area contributed by atoms with Crippen molar-refractivity contribution < 1.29 is 0 Å². The van der Waals surface area contributed by atoms with Crippen molar-refractivity contribution in [2.24, 2.45) is 0 Å². The van der Waals surface area contributed by atoms with E-state index in [1.54, 1.807) is 0 Å². The van der Waals surface area contributed by atoms with Gasteiger partial charge >= 0.3 is 0 Å². The quantitative estimate of drug-likeness (QED) is 0.623. The first-order valence-corrected chi connectivity index (χ1v) is 7.52. The minimum atomic E-state index is 1.17. The molecule has 0 heterocycles. The fourth-order valence-electron chi connectivity index (χ4n) is 2.57. The van der Waals surface area contributed by atoms with Gasteiger partial charge in [-0.05, 0) is 41.5 Å². The lowest BCUT2D eigenvalue weighted by Crippen LogP contribution is -1.91. The molecule has 100 valence electrons. The Labute approximate surface area is 117 Å². The third kappa shape index (κ3) is 3.70. The van der Waals surface area contributed by atoms with Gasteiger partial charge in [0.2, 0.25) is 0 Å². The Balaban J connectivity index is 2.32. The molecule has 2 aromatic carbocycles. The van der Waals surface area contributed by atoms with Crippen molar-refractivity contribution in [2.75, 3.05) is 0 Å². The van der Waals surface area contributed by atoms with Crippen molar-refractivity contribution in [1.29, 1.82) is 0 Å². The molecule has 0 saturated carbocycles. The Kier molecular flexibility index (Phi) is 5.20. The SMILES string of the molecule is CCCCc1ccccc1-c1cccc(CCC)c1. The Bertz CT molecular complexity index is 511. The molecule has 0 bridgehead atoms. The highest BCUT2D eigenvalue weighted by molar-refractivity contribution is 5.68. The van der Waals surface area contributed by atoms with Crippen molar-refractivity contribution in [3.05, 3.63) is 59.7 Å². The van der Waals surface area contributed by atoms with Gasteiger partial charge in [-0.15, -0.1) is 0 Å². The van der Waals surface area contributed by atoms with E-state index >= 15 is 0 Å². The van der Waals surface area contributed by atoms with E-state index in [1.165, 1.54) is 54.4 Å². The van der Waals surface area contributed by atoms with Crippen LogP contribution in [0.25, 0.3) is 11.1 Å². The van der Waals surface area contributed by atoms with Gasteiger partial charge in [0.25, 0.3) is 0 Å². The Morgan fingerprint density at radius 1 is 0.789 bits per heavy atom. The summed E-state index contributed by atoms with van der Waals surface area (Å²) in [5.74, 6) is 0. The zero-order chi connectivity index (χ0) is 13.5. The van der Waals surface area contributed by atoms with Gasteiger partial charge in [0.05, 0.1) is 0 Å². The van der Waals surface area contributed by atoms with Crippen LogP contribution in [-0.4, -0.2) is 0 Å². The van der Waals surface area contributed by atoms with E-state index in [0.29, 0.717) is 0 Å². The summed E-state index contributed by atoms with van der Waals surface area (Å²) in [6.07, 6.45) is 6.09. The first kappa shape index (κ1) is 13.9. The second-order valence-corrected chi connectivity index (χ2v) is 5.21. The van der Waals surface area contributed by atoms with Crippen LogP contribution in [0.2, 0.25) is 0 Å². The predicted molar refractivity (Wildman–Crippen MR) is 84.5 cm³/mol. The summed E-state index contributed by atoms with van der Waals surface area (Å²) in [6, 6.07) is 17.9. The summed E-state index contributed by atoms with van der Waals surface area (Å²) in [6.45, 7) is 4.49. The van der Waals surface area contributed by atoms with Crippen molar-refractivity contribution in [3.63, 3.8) is 0 Å². The largest absolute Gasteiger partial charge is 0.0654 e. The van der Waals surface area contributed by atoms with Crippen LogP contribution < -0.4 is 0 Å². The van der Waals surface area contributed by atoms with E-state index in [9.17, 15) is 0 Å². The second-order valence-electron chi connectivity index (χ2n) is 5.21. The van der Waals surface area contributed by atoms with Gasteiger partial charge in [-0.25, -0.2) is 0 Å². The van der Waals surface area contributed by atoms with E-state index < -0.39 is 0 Å².